The summed E-state index contributed by atoms with van der Waals surface area (Å²) in [7, 11) is 0. The van der Waals surface area contributed by atoms with Crippen LogP contribution in [0, 0.1) is 0 Å². The molecule has 2 aromatic heterocycles. The van der Waals surface area contributed by atoms with Gasteiger partial charge in [-0.05, 0) is 115 Å². The second-order valence-electron chi connectivity index (χ2n) is 18.8. The predicted molar refractivity (Wildman–Crippen MR) is 290 cm³/mol. The SMILES string of the molecule is CC1(C)c2ccccc2-c2ccc(-c3ccccc3-c3ccc4c(c3)c3cc(-c5cccc(-c6nc(-c7ccccc7)nc(-c7ccccc7)n6)c5)ccc3n4-c3cccc(-c4ccccc4)c3)cc21. The van der Waals surface area contributed by atoms with E-state index in [-0.39, 0.29) is 5.41 Å². The molecule has 1 aliphatic carbocycles. The number of hydrogen-bond acceptors (Lipinski definition) is 3. The molecule has 0 saturated carbocycles. The zero-order valence-corrected chi connectivity index (χ0v) is 38.9. The summed E-state index contributed by atoms with van der Waals surface area (Å²) in [6.45, 7) is 4.71. The van der Waals surface area contributed by atoms with Crippen LogP contribution in [0.4, 0.5) is 0 Å². The molecule has 4 nitrogen and oxygen atoms in total. The molecule has 4 heteroatoms. The summed E-state index contributed by atoms with van der Waals surface area (Å²) in [5.41, 5.74) is 20.9. The zero-order valence-electron chi connectivity index (χ0n) is 38.9. The van der Waals surface area contributed by atoms with Crippen molar-refractivity contribution in [1.82, 2.24) is 19.5 Å². The molecule has 0 amide bonds. The van der Waals surface area contributed by atoms with Crippen LogP contribution in [0.1, 0.15) is 25.0 Å². The van der Waals surface area contributed by atoms with Crippen LogP contribution in [0.15, 0.2) is 243 Å². The first-order valence-corrected chi connectivity index (χ1v) is 24.0. The molecule has 0 spiro atoms. The van der Waals surface area contributed by atoms with Crippen molar-refractivity contribution in [1.29, 1.82) is 0 Å². The lowest BCUT2D eigenvalue weighted by molar-refractivity contribution is 0.660. The van der Waals surface area contributed by atoms with Gasteiger partial charge in [-0.1, -0.05) is 208 Å². The van der Waals surface area contributed by atoms with Crippen molar-refractivity contribution in [2.45, 2.75) is 19.3 Å². The maximum Gasteiger partial charge on any atom is 0.164 e. The summed E-state index contributed by atoms with van der Waals surface area (Å²) in [5.74, 6) is 1.91. The van der Waals surface area contributed by atoms with Crippen LogP contribution >= 0.6 is 0 Å². The van der Waals surface area contributed by atoms with Crippen LogP contribution in [-0.4, -0.2) is 19.5 Å². The topological polar surface area (TPSA) is 43.6 Å². The second-order valence-corrected chi connectivity index (χ2v) is 18.8. The average Bonchev–Trinajstić information content (AvgIpc) is 3.88. The van der Waals surface area contributed by atoms with Crippen LogP contribution in [0.5, 0.6) is 0 Å². The number of aromatic nitrogens is 4. The summed E-state index contributed by atoms with van der Waals surface area (Å²) in [6, 6.07) is 87.2. The van der Waals surface area contributed by atoms with Gasteiger partial charge in [-0.2, -0.15) is 0 Å². The third kappa shape index (κ3) is 7.03. The van der Waals surface area contributed by atoms with E-state index in [4.69, 9.17) is 15.0 Å². The van der Waals surface area contributed by atoms with Gasteiger partial charge in [0.2, 0.25) is 0 Å². The highest BCUT2D eigenvalue weighted by atomic mass is 15.0. The van der Waals surface area contributed by atoms with Crippen molar-refractivity contribution in [2.24, 2.45) is 0 Å². The Bertz CT molecular complexity index is 3910. The Labute approximate surface area is 407 Å². The monoisotopic (exact) mass is 894 g/mol. The number of benzene rings is 10. The first-order chi connectivity index (χ1) is 34.4. The quantitative estimate of drug-likeness (QED) is 0.153. The maximum atomic E-state index is 5.07. The molecule has 70 heavy (non-hydrogen) atoms. The van der Waals surface area contributed by atoms with Crippen LogP contribution in [0.2, 0.25) is 0 Å². The third-order valence-electron chi connectivity index (χ3n) is 14.3. The minimum absolute atomic E-state index is 0.0891. The van der Waals surface area contributed by atoms with E-state index < -0.39 is 0 Å². The van der Waals surface area contributed by atoms with E-state index in [1.165, 1.54) is 66.4 Å². The summed E-state index contributed by atoms with van der Waals surface area (Å²) < 4.78 is 2.42. The normalized spacial score (nSPS) is 12.5. The van der Waals surface area contributed by atoms with E-state index in [0.29, 0.717) is 17.5 Å². The van der Waals surface area contributed by atoms with Gasteiger partial charge in [0.25, 0.3) is 0 Å². The fraction of sp³-hybridized carbons (Fsp3) is 0.0455. The fourth-order valence-electron chi connectivity index (χ4n) is 10.7. The Morgan fingerprint density at radius 2 is 0.714 bits per heavy atom. The summed E-state index contributed by atoms with van der Waals surface area (Å²) >= 11 is 0. The minimum Gasteiger partial charge on any atom is -0.309 e. The lowest BCUT2D eigenvalue weighted by Crippen LogP contribution is -2.14. The van der Waals surface area contributed by atoms with Crippen molar-refractivity contribution in [3.8, 4) is 95.5 Å². The predicted octanol–water partition coefficient (Wildman–Crippen LogP) is 16.9. The zero-order chi connectivity index (χ0) is 46.8. The number of rotatable bonds is 8. The van der Waals surface area contributed by atoms with Crippen molar-refractivity contribution in [3.05, 3.63) is 254 Å². The van der Waals surface area contributed by atoms with E-state index in [1.807, 2.05) is 60.7 Å². The molecule has 13 rings (SSSR count). The van der Waals surface area contributed by atoms with E-state index in [2.05, 4.69) is 200 Å². The Hall–Kier alpha value is -8.99. The van der Waals surface area contributed by atoms with Crippen LogP contribution in [0.3, 0.4) is 0 Å². The number of nitrogens with zero attached hydrogens (tertiary/aromatic N) is 4. The summed E-state index contributed by atoms with van der Waals surface area (Å²) in [6.07, 6.45) is 0. The van der Waals surface area contributed by atoms with Crippen LogP contribution < -0.4 is 0 Å². The van der Waals surface area contributed by atoms with E-state index in [0.717, 1.165) is 44.5 Å². The maximum absolute atomic E-state index is 5.07. The lowest BCUT2D eigenvalue weighted by Gasteiger charge is -2.22. The Morgan fingerprint density at radius 3 is 1.36 bits per heavy atom. The molecule has 0 radical (unpaired) electrons. The molecule has 330 valence electrons. The van der Waals surface area contributed by atoms with E-state index >= 15 is 0 Å². The average molecular weight is 895 g/mol. The van der Waals surface area contributed by atoms with Crippen LogP contribution in [-0.2, 0) is 5.41 Å². The van der Waals surface area contributed by atoms with Gasteiger partial charge in [0.05, 0.1) is 11.0 Å². The number of fused-ring (bicyclic) bond motifs is 6. The molecular formula is C66H46N4. The van der Waals surface area contributed by atoms with Crippen molar-refractivity contribution in [2.75, 3.05) is 0 Å². The van der Waals surface area contributed by atoms with Crippen molar-refractivity contribution in [3.63, 3.8) is 0 Å². The molecule has 0 saturated heterocycles. The van der Waals surface area contributed by atoms with Gasteiger partial charge in [-0.25, -0.2) is 15.0 Å². The molecule has 1 aliphatic rings. The first-order valence-electron chi connectivity index (χ1n) is 24.0. The molecule has 0 unspecified atom stereocenters. The molecule has 0 aliphatic heterocycles. The van der Waals surface area contributed by atoms with Gasteiger partial charge in [-0.15, -0.1) is 0 Å². The smallest absolute Gasteiger partial charge is 0.164 e. The molecule has 0 N–H and O–H groups in total. The molecule has 0 atom stereocenters. The molecule has 2 heterocycles. The van der Waals surface area contributed by atoms with Crippen molar-refractivity contribution >= 4 is 21.8 Å². The van der Waals surface area contributed by atoms with Gasteiger partial charge >= 0.3 is 0 Å². The molecule has 10 aromatic carbocycles. The Morgan fingerprint density at radius 1 is 0.286 bits per heavy atom. The lowest BCUT2D eigenvalue weighted by atomic mass is 9.81. The largest absolute Gasteiger partial charge is 0.309 e. The summed E-state index contributed by atoms with van der Waals surface area (Å²) in [5, 5.41) is 2.37. The molecule has 0 fully saturated rings. The first kappa shape index (κ1) is 41.2. The van der Waals surface area contributed by atoms with Gasteiger partial charge in [0, 0.05) is 38.6 Å². The van der Waals surface area contributed by atoms with Gasteiger partial charge in [0.1, 0.15) is 0 Å². The fourth-order valence-corrected chi connectivity index (χ4v) is 10.7. The molecule has 0 bridgehead atoms. The Kier molecular flexibility index (Phi) is 9.81. The number of hydrogen-bond donors (Lipinski definition) is 0. The van der Waals surface area contributed by atoms with Gasteiger partial charge in [0.15, 0.2) is 17.5 Å². The highest BCUT2D eigenvalue weighted by molar-refractivity contribution is 6.12. The molecular weight excluding hydrogens is 849 g/mol. The second kappa shape index (κ2) is 16.7. The standard InChI is InChI=1S/C66H46N4/c1-66(2)59-31-15-14-30-55(59)56-35-32-50(42-60(56)66)54-29-13-12-28-53(54)49-34-37-62-58(41-49)57-40-48(33-36-61(57)70(62)52-27-17-25-47(39-52)43-18-6-3-7-19-43)46-24-16-26-51(38-46)65-68-63(44-20-8-4-9-21-44)67-64(69-65)45-22-10-5-11-23-45/h3-42H,1-2H3. The van der Waals surface area contributed by atoms with Gasteiger partial charge < -0.3 is 4.57 Å². The highest BCUT2D eigenvalue weighted by Crippen LogP contribution is 2.50. The van der Waals surface area contributed by atoms with E-state index in [9.17, 15) is 0 Å². The van der Waals surface area contributed by atoms with Gasteiger partial charge in [-0.3, -0.25) is 0 Å². The highest BCUT2D eigenvalue weighted by Gasteiger charge is 2.35. The van der Waals surface area contributed by atoms with Crippen molar-refractivity contribution < 1.29 is 0 Å². The van der Waals surface area contributed by atoms with Crippen LogP contribution in [0.25, 0.3) is 117 Å². The summed E-state index contributed by atoms with van der Waals surface area (Å²) in [4.78, 5) is 15.1. The Balaban J connectivity index is 0.965. The minimum atomic E-state index is -0.0891. The molecule has 12 aromatic rings. The third-order valence-corrected chi connectivity index (χ3v) is 14.3. The van der Waals surface area contributed by atoms with E-state index in [1.54, 1.807) is 0 Å².